The van der Waals surface area contributed by atoms with E-state index in [1.165, 1.54) is 25.7 Å². The molecule has 0 amide bonds. The molecule has 0 fully saturated rings. The van der Waals surface area contributed by atoms with Crippen molar-refractivity contribution in [3.05, 3.63) is 59.9 Å². The second kappa shape index (κ2) is 7.28. The zero-order valence-corrected chi connectivity index (χ0v) is 15.1. The first-order valence-corrected chi connectivity index (χ1v) is 9.49. The maximum Gasteiger partial charge on any atom is 0.212 e. The summed E-state index contributed by atoms with van der Waals surface area (Å²) in [6, 6.07) is 13.9. The SMILES string of the molecule is CCCCCCCOc1ccc2c(c1)-c1cccc3ccnc(c13)C2=O. The Labute approximate surface area is 154 Å². The van der Waals surface area contributed by atoms with E-state index >= 15 is 0 Å². The van der Waals surface area contributed by atoms with Gasteiger partial charge in [-0.3, -0.25) is 9.78 Å². The molecule has 26 heavy (non-hydrogen) atoms. The largest absolute Gasteiger partial charge is 0.494 e. The zero-order chi connectivity index (χ0) is 17.9. The number of ketones is 1. The molecule has 1 aliphatic rings. The van der Waals surface area contributed by atoms with Crippen molar-refractivity contribution < 1.29 is 9.53 Å². The van der Waals surface area contributed by atoms with Gasteiger partial charge in [0.15, 0.2) is 0 Å². The first-order valence-electron chi connectivity index (χ1n) is 9.49. The number of pyridine rings is 1. The lowest BCUT2D eigenvalue weighted by Crippen LogP contribution is -2.12. The topological polar surface area (TPSA) is 39.2 Å². The number of unbranched alkanes of at least 4 members (excludes halogenated alkanes) is 4. The van der Waals surface area contributed by atoms with E-state index < -0.39 is 0 Å². The molecule has 0 radical (unpaired) electrons. The first kappa shape index (κ1) is 16.8. The molecule has 132 valence electrons. The molecule has 0 unspecified atom stereocenters. The Hall–Kier alpha value is -2.68. The molecule has 1 heterocycles. The number of rotatable bonds is 7. The van der Waals surface area contributed by atoms with Gasteiger partial charge in [0.25, 0.3) is 0 Å². The van der Waals surface area contributed by atoms with Crippen LogP contribution in [0, 0.1) is 0 Å². The number of ether oxygens (including phenoxy) is 1. The van der Waals surface area contributed by atoms with Gasteiger partial charge in [-0.15, -0.1) is 0 Å². The van der Waals surface area contributed by atoms with Gasteiger partial charge in [0, 0.05) is 17.1 Å². The van der Waals surface area contributed by atoms with Gasteiger partial charge in [0.2, 0.25) is 5.78 Å². The molecule has 0 saturated heterocycles. The van der Waals surface area contributed by atoms with Crippen LogP contribution in [-0.2, 0) is 0 Å². The number of nitrogens with zero attached hydrogens (tertiary/aromatic N) is 1. The van der Waals surface area contributed by atoms with Crippen LogP contribution in [0.2, 0.25) is 0 Å². The molecule has 0 N–H and O–H groups in total. The van der Waals surface area contributed by atoms with Crippen molar-refractivity contribution in [1.82, 2.24) is 4.98 Å². The molecule has 1 aromatic heterocycles. The first-order chi connectivity index (χ1) is 12.8. The van der Waals surface area contributed by atoms with Crippen molar-refractivity contribution in [3.63, 3.8) is 0 Å². The lowest BCUT2D eigenvalue weighted by molar-refractivity contribution is 0.103. The fourth-order valence-corrected chi connectivity index (χ4v) is 3.68. The van der Waals surface area contributed by atoms with Crippen LogP contribution >= 0.6 is 0 Å². The van der Waals surface area contributed by atoms with Crippen LogP contribution in [0.15, 0.2) is 48.7 Å². The van der Waals surface area contributed by atoms with Crippen LogP contribution in [0.25, 0.3) is 21.9 Å². The highest BCUT2D eigenvalue weighted by Crippen LogP contribution is 2.39. The van der Waals surface area contributed by atoms with E-state index in [2.05, 4.69) is 18.0 Å². The molecule has 3 nitrogen and oxygen atoms in total. The van der Waals surface area contributed by atoms with Crippen molar-refractivity contribution in [2.45, 2.75) is 39.0 Å². The van der Waals surface area contributed by atoms with Crippen molar-refractivity contribution in [1.29, 1.82) is 0 Å². The van der Waals surface area contributed by atoms with Gasteiger partial charge in [0.05, 0.1) is 6.61 Å². The van der Waals surface area contributed by atoms with E-state index in [1.54, 1.807) is 6.20 Å². The van der Waals surface area contributed by atoms with Crippen LogP contribution in [0.3, 0.4) is 0 Å². The molecule has 2 aromatic carbocycles. The third-order valence-corrected chi connectivity index (χ3v) is 5.05. The quantitative estimate of drug-likeness (QED) is 0.398. The summed E-state index contributed by atoms with van der Waals surface area (Å²) in [6.45, 7) is 2.94. The summed E-state index contributed by atoms with van der Waals surface area (Å²) >= 11 is 0. The van der Waals surface area contributed by atoms with E-state index in [-0.39, 0.29) is 5.78 Å². The van der Waals surface area contributed by atoms with Gasteiger partial charge in [0.1, 0.15) is 11.4 Å². The van der Waals surface area contributed by atoms with Crippen LogP contribution in [0.4, 0.5) is 0 Å². The van der Waals surface area contributed by atoms with E-state index in [4.69, 9.17) is 4.74 Å². The predicted octanol–water partition coefficient (Wildman–Crippen LogP) is 5.80. The monoisotopic (exact) mass is 345 g/mol. The molecule has 0 atom stereocenters. The molecule has 0 saturated carbocycles. The van der Waals surface area contributed by atoms with E-state index in [0.717, 1.165) is 40.7 Å². The highest BCUT2D eigenvalue weighted by molar-refractivity contribution is 6.24. The van der Waals surface area contributed by atoms with Gasteiger partial charge < -0.3 is 4.74 Å². The number of carbonyl (C=O) groups is 1. The minimum absolute atomic E-state index is 0.00424. The molecular formula is C23H23NO2. The number of benzene rings is 2. The van der Waals surface area contributed by atoms with Crippen LogP contribution in [-0.4, -0.2) is 17.4 Å². The number of hydrogen-bond donors (Lipinski definition) is 0. The average molecular weight is 345 g/mol. The molecular weight excluding hydrogens is 322 g/mol. The Bertz CT molecular complexity index is 956. The molecule has 0 spiro atoms. The predicted molar refractivity (Wildman–Crippen MR) is 105 cm³/mol. The van der Waals surface area contributed by atoms with E-state index in [9.17, 15) is 4.79 Å². The second-order valence-electron chi connectivity index (χ2n) is 6.86. The Balaban J connectivity index is 1.62. The average Bonchev–Trinajstić information content (AvgIpc) is 2.68. The Morgan fingerprint density at radius 1 is 0.923 bits per heavy atom. The number of aromatic nitrogens is 1. The summed E-state index contributed by atoms with van der Waals surface area (Å²) in [7, 11) is 0. The third kappa shape index (κ3) is 2.98. The zero-order valence-electron chi connectivity index (χ0n) is 15.1. The summed E-state index contributed by atoms with van der Waals surface area (Å²) < 4.78 is 5.94. The highest BCUT2D eigenvalue weighted by Gasteiger charge is 2.26. The van der Waals surface area contributed by atoms with Gasteiger partial charge >= 0.3 is 0 Å². The molecule has 0 bridgehead atoms. The van der Waals surface area contributed by atoms with E-state index in [0.29, 0.717) is 11.3 Å². The number of carbonyl (C=O) groups excluding carboxylic acids is 1. The molecule has 1 aliphatic carbocycles. The fraction of sp³-hybridized carbons (Fsp3) is 0.304. The van der Waals surface area contributed by atoms with E-state index in [1.807, 2.05) is 36.4 Å². The third-order valence-electron chi connectivity index (χ3n) is 5.05. The lowest BCUT2D eigenvalue weighted by atomic mass is 9.85. The molecule has 3 aromatic rings. The number of hydrogen-bond acceptors (Lipinski definition) is 3. The van der Waals surface area contributed by atoms with Crippen LogP contribution < -0.4 is 4.74 Å². The Morgan fingerprint density at radius 3 is 2.69 bits per heavy atom. The maximum atomic E-state index is 12.9. The minimum Gasteiger partial charge on any atom is -0.494 e. The summed E-state index contributed by atoms with van der Waals surface area (Å²) in [5.74, 6) is 0.826. The van der Waals surface area contributed by atoms with Gasteiger partial charge in [-0.2, -0.15) is 0 Å². The van der Waals surface area contributed by atoms with Crippen molar-refractivity contribution in [2.24, 2.45) is 0 Å². The standard InChI is InChI=1S/C23H23NO2/c1-2-3-4-5-6-14-26-17-10-11-19-20(15-17)18-9-7-8-16-12-13-24-22(21(16)18)23(19)25/h7-13,15H,2-6,14H2,1H3. The lowest BCUT2D eigenvalue weighted by Gasteiger charge is -2.19. The van der Waals surface area contributed by atoms with Gasteiger partial charge in [-0.25, -0.2) is 0 Å². The summed E-state index contributed by atoms with van der Waals surface area (Å²) in [5, 5.41) is 2.00. The molecule has 4 rings (SSSR count). The second-order valence-corrected chi connectivity index (χ2v) is 6.86. The highest BCUT2D eigenvalue weighted by atomic mass is 16.5. The molecule has 3 heteroatoms. The van der Waals surface area contributed by atoms with Crippen LogP contribution in [0.1, 0.15) is 55.1 Å². The van der Waals surface area contributed by atoms with Crippen molar-refractivity contribution in [3.8, 4) is 16.9 Å². The maximum absolute atomic E-state index is 12.9. The van der Waals surface area contributed by atoms with Gasteiger partial charge in [-0.05, 0) is 47.2 Å². The van der Waals surface area contributed by atoms with Crippen molar-refractivity contribution >= 4 is 16.6 Å². The fourth-order valence-electron chi connectivity index (χ4n) is 3.68. The van der Waals surface area contributed by atoms with Gasteiger partial charge in [-0.1, -0.05) is 50.8 Å². The number of fused-ring (bicyclic) bond motifs is 2. The smallest absolute Gasteiger partial charge is 0.212 e. The Morgan fingerprint density at radius 2 is 1.81 bits per heavy atom. The summed E-state index contributed by atoms with van der Waals surface area (Å²) in [6.07, 6.45) is 7.79. The normalized spacial score (nSPS) is 12.3. The summed E-state index contributed by atoms with van der Waals surface area (Å²) in [5.41, 5.74) is 3.27. The Kier molecular flexibility index (Phi) is 4.70. The summed E-state index contributed by atoms with van der Waals surface area (Å²) in [4.78, 5) is 17.2. The minimum atomic E-state index is -0.00424. The van der Waals surface area contributed by atoms with Crippen molar-refractivity contribution in [2.75, 3.05) is 6.61 Å². The van der Waals surface area contributed by atoms with Crippen LogP contribution in [0.5, 0.6) is 5.75 Å². The molecule has 0 aliphatic heterocycles.